The third-order valence-corrected chi connectivity index (χ3v) is 5.49. The van der Waals surface area contributed by atoms with Crippen LogP contribution in [0, 0.1) is 5.82 Å². The van der Waals surface area contributed by atoms with E-state index in [1.807, 2.05) is 24.3 Å². The number of aromatic amines is 1. The average Bonchev–Trinajstić information content (AvgIpc) is 3.16. The first kappa shape index (κ1) is 19.7. The van der Waals surface area contributed by atoms with Crippen molar-refractivity contribution in [3.8, 4) is 5.69 Å². The van der Waals surface area contributed by atoms with Gasteiger partial charge in [-0.3, -0.25) is 19.7 Å². The van der Waals surface area contributed by atoms with Gasteiger partial charge in [0, 0.05) is 22.8 Å². The Balaban J connectivity index is 1.56. The summed E-state index contributed by atoms with van der Waals surface area (Å²) in [6.45, 7) is 2.07. The van der Waals surface area contributed by atoms with Gasteiger partial charge in [0.15, 0.2) is 0 Å². The molecule has 2 heterocycles. The standard InChI is InChI=1S/C25H19FN4O2/c1-2-15-3-8-18(9-4-15)28-24(31)16-5-12-22-20(13-16)23-21(14-27-22)25(32)30(29-23)19-10-6-17(26)7-11-19/h3-14,29H,2H2,1H3,(H,28,31). The molecular weight excluding hydrogens is 407 g/mol. The highest BCUT2D eigenvalue weighted by molar-refractivity contribution is 6.10. The topological polar surface area (TPSA) is 79.8 Å². The Morgan fingerprint density at radius 3 is 2.50 bits per heavy atom. The minimum atomic E-state index is -0.384. The van der Waals surface area contributed by atoms with Crippen LogP contribution in [0.15, 0.2) is 77.7 Å². The first-order chi connectivity index (χ1) is 15.5. The maximum absolute atomic E-state index is 13.3. The van der Waals surface area contributed by atoms with E-state index in [0.29, 0.717) is 38.7 Å². The number of halogens is 1. The maximum atomic E-state index is 13.3. The Labute approximate surface area is 182 Å². The molecule has 5 rings (SSSR count). The molecule has 0 spiro atoms. The lowest BCUT2D eigenvalue weighted by Gasteiger charge is -2.07. The van der Waals surface area contributed by atoms with Crippen LogP contribution in [0.2, 0.25) is 0 Å². The highest BCUT2D eigenvalue weighted by atomic mass is 19.1. The van der Waals surface area contributed by atoms with Gasteiger partial charge in [0.05, 0.1) is 22.1 Å². The molecule has 0 atom stereocenters. The van der Waals surface area contributed by atoms with Gasteiger partial charge in [-0.05, 0) is 66.6 Å². The predicted octanol–water partition coefficient (Wildman–Crippen LogP) is 4.82. The van der Waals surface area contributed by atoms with E-state index in [0.717, 1.165) is 6.42 Å². The van der Waals surface area contributed by atoms with Gasteiger partial charge in [0.2, 0.25) is 0 Å². The molecule has 5 aromatic rings. The molecule has 6 nitrogen and oxygen atoms in total. The van der Waals surface area contributed by atoms with Gasteiger partial charge in [-0.15, -0.1) is 0 Å². The van der Waals surface area contributed by atoms with Crippen LogP contribution in [0.1, 0.15) is 22.8 Å². The van der Waals surface area contributed by atoms with Crippen molar-refractivity contribution < 1.29 is 9.18 Å². The Morgan fingerprint density at radius 1 is 1.03 bits per heavy atom. The summed E-state index contributed by atoms with van der Waals surface area (Å²) in [4.78, 5) is 30.1. The number of pyridine rings is 1. The van der Waals surface area contributed by atoms with Gasteiger partial charge in [-0.1, -0.05) is 19.1 Å². The SMILES string of the molecule is CCc1ccc(NC(=O)c2ccc3ncc4c(=O)n(-c5ccc(F)cc5)[nH]c4c3c2)cc1. The molecule has 0 saturated carbocycles. The number of benzene rings is 3. The van der Waals surface area contributed by atoms with E-state index in [4.69, 9.17) is 0 Å². The molecule has 2 aromatic heterocycles. The highest BCUT2D eigenvalue weighted by Crippen LogP contribution is 2.23. The highest BCUT2D eigenvalue weighted by Gasteiger charge is 2.14. The molecule has 3 aromatic carbocycles. The summed E-state index contributed by atoms with van der Waals surface area (Å²) in [6.07, 6.45) is 2.43. The smallest absolute Gasteiger partial charge is 0.280 e. The molecule has 0 aliphatic heterocycles. The summed E-state index contributed by atoms with van der Waals surface area (Å²) >= 11 is 0. The van der Waals surface area contributed by atoms with E-state index < -0.39 is 0 Å². The molecule has 0 bridgehead atoms. The molecule has 0 saturated heterocycles. The van der Waals surface area contributed by atoms with Crippen LogP contribution in [0.4, 0.5) is 10.1 Å². The van der Waals surface area contributed by atoms with Crippen LogP contribution in [0.25, 0.3) is 27.5 Å². The number of H-pyrrole nitrogens is 1. The van der Waals surface area contributed by atoms with Crippen LogP contribution in [-0.4, -0.2) is 20.7 Å². The Kier molecular flexibility index (Phi) is 4.78. The summed E-state index contributed by atoms with van der Waals surface area (Å²) in [7, 11) is 0. The third-order valence-electron chi connectivity index (χ3n) is 5.49. The molecule has 0 aliphatic rings. The van der Waals surface area contributed by atoms with E-state index in [1.54, 1.807) is 18.2 Å². The second-order valence-corrected chi connectivity index (χ2v) is 7.51. The Bertz CT molecular complexity index is 1520. The van der Waals surface area contributed by atoms with Crippen molar-refractivity contribution in [3.63, 3.8) is 0 Å². The fourth-order valence-corrected chi connectivity index (χ4v) is 3.70. The lowest BCUT2D eigenvalue weighted by Crippen LogP contribution is -2.14. The van der Waals surface area contributed by atoms with Gasteiger partial charge in [0.25, 0.3) is 11.5 Å². The number of hydrogen-bond donors (Lipinski definition) is 2. The quantitative estimate of drug-likeness (QED) is 0.432. The van der Waals surface area contributed by atoms with E-state index >= 15 is 0 Å². The second kappa shape index (κ2) is 7.77. The largest absolute Gasteiger partial charge is 0.322 e. The second-order valence-electron chi connectivity index (χ2n) is 7.51. The number of fused-ring (bicyclic) bond motifs is 3. The predicted molar refractivity (Wildman–Crippen MR) is 123 cm³/mol. The Morgan fingerprint density at radius 2 is 1.78 bits per heavy atom. The number of hydrogen-bond acceptors (Lipinski definition) is 3. The van der Waals surface area contributed by atoms with E-state index in [-0.39, 0.29) is 17.3 Å². The van der Waals surface area contributed by atoms with Gasteiger partial charge in [-0.2, -0.15) is 0 Å². The number of amides is 1. The van der Waals surface area contributed by atoms with E-state index in [9.17, 15) is 14.0 Å². The van der Waals surface area contributed by atoms with Crippen LogP contribution < -0.4 is 10.9 Å². The van der Waals surface area contributed by atoms with Crippen LogP contribution in [0.5, 0.6) is 0 Å². The average molecular weight is 426 g/mol. The molecule has 0 radical (unpaired) electrons. The Hall–Kier alpha value is -4.26. The van der Waals surface area contributed by atoms with Gasteiger partial charge in [-0.25, -0.2) is 9.07 Å². The van der Waals surface area contributed by atoms with Gasteiger partial charge in [0.1, 0.15) is 5.82 Å². The number of rotatable bonds is 4. The number of carbonyl (C=O) groups excluding carboxylic acids is 1. The molecular formula is C25H19FN4O2. The zero-order valence-electron chi connectivity index (χ0n) is 17.2. The molecule has 32 heavy (non-hydrogen) atoms. The number of anilines is 1. The van der Waals surface area contributed by atoms with Gasteiger partial charge >= 0.3 is 0 Å². The molecule has 1 amide bonds. The first-order valence-corrected chi connectivity index (χ1v) is 10.2. The monoisotopic (exact) mass is 426 g/mol. The number of nitrogens with zero attached hydrogens (tertiary/aromatic N) is 2. The van der Waals surface area contributed by atoms with Crippen molar-refractivity contribution >= 4 is 33.4 Å². The molecule has 158 valence electrons. The lowest BCUT2D eigenvalue weighted by molar-refractivity contribution is 0.102. The zero-order valence-corrected chi connectivity index (χ0v) is 17.2. The third kappa shape index (κ3) is 3.43. The van der Waals surface area contributed by atoms with Crippen molar-refractivity contribution in [1.29, 1.82) is 0 Å². The van der Waals surface area contributed by atoms with E-state index in [2.05, 4.69) is 22.3 Å². The van der Waals surface area contributed by atoms with Crippen molar-refractivity contribution in [1.82, 2.24) is 14.8 Å². The maximum Gasteiger partial charge on any atom is 0.280 e. The normalized spacial score (nSPS) is 11.2. The lowest BCUT2D eigenvalue weighted by atomic mass is 10.1. The van der Waals surface area contributed by atoms with Gasteiger partial charge < -0.3 is 5.32 Å². The molecule has 7 heteroatoms. The molecule has 0 unspecified atom stereocenters. The summed E-state index contributed by atoms with van der Waals surface area (Å²) < 4.78 is 14.6. The van der Waals surface area contributed by atoms with Crippen LogP contribution in [0.3, 0.4) is 0 Å². The number of nitrogens with one attached hydrogen (secondary N) is 2. The molecule has 0 aliphatic carbocycles. The minimum Gasteiger partial charge on any atom is -0.322 e. The molecule has 2 N–H and O–H groups in total. The van der Waals surface area contributed by atoms with Crippen LogP contribution in [-0.2, 0) is 6.42 Å². The van der Waals surface area contributed by atoms with Crippen molar-refractivity contribution in [3.05, 3.63) is 100 Å². The minimum absolute atomic E-state index is 0.256. The fraction of sp³-hybridized carbons (Fsp3) is 0.0800. The van der Waals surface area contributed by atoms with Crippen molar-refractivity contribution in [2.75, 3.05) is 5.32 Å². The van der Waals surface area contributed by atoms with E-state index in [1.165, 1.54) is 40.7 Å². The fourth-order valence-electron chi connectivity index (χ4n) is 3.70. The zero-order chi connectivity index (χ0) is 22.2. The molecule has 0 fully saturated rings. The first-order valence-electron chi connectivity index (χ1n) is 10.2. The summed E-state index contributed by atoms with van der Waals surface area (Å²) in [5, 5.41) is 7.01. The summed E-state index contributed by atoms with van der Waals surface area (Å²) in [5.41, 5.74) is 3.76. The number of aromatic nitrogens is 3. The summed E-state index contributed by atoms with van der Waals surface area (Å²) in [5.74, 6) is -0.640. The van der Waals surface area contributed by atoms with Crippen molar-refractivity contribution in [2.45, 2.75) is 13.3 Å². The summed E-state index contributed by atoms with van der Waals surface area (Å²) in [6, 6.07) is 18.5. The van der Waals surface area contributed by atoms with Crippen molar-refractivity contribution in [2.24, 2.45) is 0 Å². The van der Waals surface area contributed by atoms with Crippen LogP contribution >= 0.6 is 0 Å². The number of carbonyl (C=O) groups is 1. The number of aryl methyl sites for hydroxylation is 1.